The molecule has 0 N–H and O–H groups in total. The molecule has 0 atom stereocenters. The van der Waals surface area contributed by atoms with Crippen molar-refractivity contribution in [1.82, 2.24) is 0 Å². The Labute approximate surface area is 221 Å². The van der Waals surface area contributed by atoms with E-state index in [1.54, 1.807) is 0 Å². The van der Waals surface area contributed by atoms with Crippen molar-refractivity contribution in [2.45, 2.75) is 13.8 Å². The Morgan fingerprint density at radius 3 is 1.97 bits per heavy atom. The number of nitrogens with zero attached hydrogens (tertiary/aromatic N) is 2. The molecule has 0 fully saturated rings. The lowest BCUT2D eigenvalue weighted by Crippen LogP contribution is -2.15. The molecule has 180 valence electrons. The monoisotopic (exact) mass is 488 g/mol. The Kier molecular flexibility index (Phi) is 4.96. The van der Waals surface area contributed by atoms with Gasteiger partial charge in [0.2, 0.25) is 0 Å². The molecule has 0 aromatic heterocycles. The second-order valence-electron chi connectivity index (χ2n) is 9.87. The predicted molar refractivity (Wildman–Crippen MR) is 156 cm³/mol. The highest BCUT2D eigenvalue weighted by Crippen LogP contribution is 2.50. The summed E-state index contributed by atoms with van der Waals surface area (Å²) in [5, 5.41) is 14.1. The third-order valence-corrected chi connectivity index (χ3v) is 7.58. The minimum absolute atomic E-state index is 0.711. The molecule has 6 aromatic rings. The van der Waals surface area contributed by atoms with Crippen LogP contribution in [0.5, 0.6) is 11.5 Å². The van der Waals surface area contributed by atoms with Crippen molar-refractivity contribution in [3.63, 3.8) is 0 Å². The van der Waals surface area contributed by atoms with E-state index in [-0.39, 0.29) is 0 Å². The van der Waals surface area contributed by atoms with Gasteiger partial charge in [0, 0.05) is 11.1 Å². The number of hydrogen-bond donors (Lipinski definition) is 0. The van der Waals surface area contributed by atoms with Gasteiger partial charge in [0.25, 0.3) is 0 Å². The third kappa shape index (κ3) is 3.43. The zero-order chi connectivity index (χ0) is 25.8. The van der Waals surface area contributed by atoms with Crippen molar-refractivity contribution in [3.8, 4) is 28.7 Å². The number of para-hydroxylation sites is 4. The largest absolute Gasteiger partial charge is 0.453 e. The molecule has 38 heavy (non-hydrogen) atoms. The van der Waals surface area contributed by atoms with Gasteiger partial charge in [0.1, 0.15) is 0 Å². The zero-order valence-electron chi connectivity index (χ0n) is 21.2. The van der Waals surface area contributed by atoms with Crippen LogP contribution in [0, 0.1) is 25.2 Å². The lowest BCUT2D eigenvalue weighted by molar-refractivity contribution is 0.477. The summed E-state index contributed by atoms with van der Waals surface area (Å²) in [5.74, 6) is 1.69. The van der Waals surface area contributed by atoms with Crippen LogP contribution in [0.1, 0.15) is 16.7 Å². The van der Waals surface area contributed by atoms with E-state index in [9.17, 15) is 5.26 Å². The molecule has 0 bridgehead atoms. The lowest BCUT2D eigenvalue weighted by atomic mass is 9.91. The van der Waals surface area contributed by atoms with Crippen LogP contribution in [0.4, 0.5) is 17.1 Å². The van der Waals surface area contributed by atoms with Gasteiger partial charge >= 0.3 is 0 Å². The Balaban J connectivity index is 1.36. The normalized spacial score (nSPS) is 12.1. The maximum Gasteiger partial charge on any atom is 0.151 e. The number of fused-ring (bicyclic) bond motifs is 4. The average Bonchev–Trinajstić information content (AvgIpc) is 2.95. The molecule has 0 radical (unpaired) electrons. The molecule has 0 saturated carbocycles. The summed E-state index contributed by atoms with van der Waals surface area (Å²) in [6.07, 6.45) is 0. The van der Waals surface area contributed by atoms with Gasteiger partial charge in [-0.15, -0.1) is 0 Å². The van der Waals surface area contributed by atoms with Crippen LogP contribution in [0.2, 0.25) is 0 Å². The maximum atomic E-state index is 9.69. The van der Waals surface area contributed by atoms with Gasteiger partial charge in [0.15, 0.2) is 11.5 Å². The fourth-order valence-electron chi connectivity index (χ4n) is 5.48. The summed E-state index contributed by atoms with van der Waals surface area (Å²) in [5.41, 5.74) is 8.56. The standard InChI is InChI=1S/C35H24N2O/c1-22-17-30-27(21-36)14-16-29(31(30)18-23(22)2)26-12-11-25-20-28(15-13-24(25)19-26)37-32-7-3-5-9-34(32)38-35-10-6-4-8-33(35)37/h3-20H,1-2H3. The molecule has 7 rings (SSSR count). The first-order valence-electron chi connectivity index (χ1n) is 12.7. The van der Waals surface area contributed by atoms with Gasteiger partial charge < -0.3 is 9.64 Å². The highest BCUT2D eigenvalue weighted by Gasteiger charge is 2.25. The molecule has 3 heteroatoms. The fourth-order valence-corrected chi connectivity index (χ4v) is 5.48. The Hall–Kier alpha value is -5.07. The number of rotatable bonds is 2. The van der Waals surface area contributed by atoms with Crippen LogP contribution < -0.4 is 9.64 Å². The van der Waals surface area contributed by atoms with Gasteiger partial charge in [-0.2, -0.15) is 5.26 Å². The van der Waals surface area contributed by atoms with Gasteiger partial charge in [0.05, 0.1) is 23.0 Å². The minimum atomic E-state index is 0.711. The van der Waals surface area contributed by atoms with Crippen LogP contribution >= 0.6 is 0 Å². The summed E-state index contributed by atoms with van der Waals surface area (Å²) in [4.78, 5) is 2.26. The number of benzene rings is 6. The number of nitriles is 1. The highest BCUT2D eigenvalue weighted by atomic mass is 16.5. The molecular formula is C35H24N2O. The predicted octanol–water partition coefficient (Wildman–Crippen LogP) is 9.72. The molecule has 0 aliphatic carbocycles. The number of anilines is 3. The molecule has 0 saturated heterocycles. The van der Waals surface area contributed by atoms with E-state index in [1.165, 1.54) is 16.5 Å². The van der Waals surface area contributed by atoms with E-state index in [4.69, 9.17) is 4.74 Å². The first-order valence-corrected chi connectivity index (χ1v) is 12.7. The average molecular weight is 489 g/mol. The second-order valence-corrected chi connectivity index (χ2v) is 9.87. The number of ether oxygens (including phenoxy) is 1. The first kappa shape index (κ1) is 22.2. The smallest absolute Gasteiger partial charge is 0.151 e. The zero-order valence-corrected chi connectivity index (χ0v) is 21.2. The number of aryl methyl sites for hydroxylation is 2. The van der Waals surface area contributed by atoms with E-state index < -0.39 is 0 Å². The van der Waals surface area contributed by atoms with Crippen molar-refractivity contribution in [1.29, 1.82) is 5.26 Å². The Morgan fingerprint density at radius 2 is 1.26 bits per heavy atom. The van der Waals surface area contributed by atoms with Crippen molar-refractivity contribution < 1.29 is 4.74 Å². The molecule has 0 spiro atoms. The quantitative estimate of drug-likeness (QED) is 0.243. The molecule has 6 aromatic carbocycles. The van der Waals surface area contributed by atoms with E-state index in [0.29, 0.717) is 5.56 Å². The van der Waals surface area contributed by atoms with E-state index in [1.807, 2.05) is 42.5 Å². The van der Waals surface area contributed by atoms with Crippen LogP contribution in [-0.2, 0) is 0 Å². The second kappa shape index (κ2) is 8.50. The highest BCUT2D eigenvalue weighted by molar-refractivity contribution is 6.02. The molecule has 3 nitrogen and oxygen atoms in total. The van der Waals surface area contributed by atoms with Crippen LogP contribution in [0.25, 0.3) is 32.7 Å². The van der Waals surface area contributed by atoms with Crippen molar-refractivity contribution in [2.24, 2.45) is 0 Å². The topological polar surface area (TPSA) is 36.3 Å². The fraction of sp³-hybridized carbons (Fsp3) is 0.0571. The molecule has 0 amide bonds. The van der Waals surface area contributed by atoms with Crippen LogP contribution in [0.15, 0.2) is 109 Å². The van der Waals surface area contributed by atoms with Crippen molar-refractivity contribution >= 4 is 38.6 Å². The Morgan fingerprint density at radius 1 is 0.632 bits per heavy atom. The van der Waals surface area contributed by atoms with Gasteiger partial charge in [-0.1, -0.05) is 54.6 Å². The van der Waals surface area contributed by atoms with E-state index >= 15 is 0 Å². The Bertz CT molecular complexity index is 1900. The lowest BCUT2D eigenvalue weighted by Gasteiger charge is -2.32. The molecule has 1 aliphatic rings. The SMILES string of the molecule is Cc1cc2c(C#N)ccc(-c3ccc4cc(N5c6ccccc6Oc6ccccc65)ccc4c3)c2cc1C. The molecule has 1 heterocycles. The molecule has 0 unspecified atom stereocenters. The number of hydrogen-bond acceptors (Lipinski definition) is 3. The summed E-state index contributed by atoms with van der Waals surface area (Å²) < 4.78 is 6.19. The molecular weight excluding hydrogens is 464 g/mol. The summed E-state index contributed by atoms with van der Waals surface area (Å²) >= 11 is 0. The van der Waals surface area contributed by atoms with Gasteiger partial charge in [-0.25, -0.2) is 0 Å². The third-order valence-electron chi connectivity index (χ3n) is 7.58. The summed E-state index contributed by atoms with van der Waals surface area (Å²) in [6, 6.07) is 40.3. The summed E-state index contributed by atoms with van der Waals surface area (Å²) in [6.45, 7) is 4.23. The van der Waals surface area contributed by atoms with Crippen LogP contribution in [-0.4, -0.2) is 0 Å². The van der Waals surface area contributed by atoms with E-state index in [0.717, 1.165) is 55.8 Å². The van der Waals surface area contributed by atoms with E-state index in [2.05, 4.69) is 91.5 Å². The molecule has 1 aliphatic heterocycles. The van der Waals surface area contributed by atoms with Crippen LogP contribution in [0.3, 0.4) is 0 Å². The van der Waals surface area contributed by atoms with Crippen molar-refractivity contribution in [3.05, 3.63) is 126 Å². The van der Waals surface area contributed by atoms with Gasteiger partial charge in [-0.3, -0.25) is 0 Å². The minimum Gasteiger partial charge on any atom is -0.453 e. The summed E-state index contributed by atoms with van der Waals surface area (Å²) in [7, 11) is 0. The first-order chi connectivity index (χ1) is 18.6. The maximum absolute atomic E-state index is 9.69. The van der Waals surface area contributed by atoms with Gasteiger partial charge in [-0.05, 0) is 107 Å². The van der Waals surface area contributed by atoms with Crippen molar-refractivity contribution in [2.75, 3.05) is 4.90 Å².